The summed E-state index contributed by atoms with van der Waals surface area (Å²) in [5, 5.41) is 16.0. The van der Waals surface area contributed by atoms with Crippen molar-refractivity contribution in [2.45, 2.75) is 12.5 Å². The van der Waals surface area contributed by atoms with Gasteiger partial charge in [0, 0.05) is 12.8 Å². The number of nitrogens with one attached hydrogen (secondary N) is 1. The predicted molar refractivity (Wildman–Crippen MR) is 54.9 cm³/mol. The molecule has 0 amide bonds. The molecule has 10 heteroatoms. The summed E-state index contributed by atoms with van der Waals surface area (Å²) >= 11 is 0. The van der Waals surface area contributed by atoms with Crippen molar-refractivity contribution in [1.82, 2.24) is 4.72 Å². The lowest BCUT2D eigenvalue weighted by Gasteiger charge is -2.07. The van der Waals surface area contributed by atoms with Crippen LogP contribution in [0.2, 0.25) is 0 Å². The average Bonchev–Trinajstić information content (AvgIpc) is 1.98. The predicted octanol–water partition coefficient (Wildman–Crippen LogP) is -2.26. The third kappa shape index (κ3) is 7.56. The number of aliphatic carboxylic acids is 1. The van der Waals surface area contributed by atoms with Crippen LogP contribution in [0.3, 0.4) is 0 Å². The molecule has 96 valence electrons. The number of carboxylic acid groups (broad SMARTS) is 1. The van der Waals surface area contributed by atoms with E-state index in [-0.39, 0.29) is 13.0 Å². The molecule has 3 N–H and O–H groups in total. The van der Waals surface area contributed by atoms with Crippen LogP contribution in [0.25, 0.3) is 0 Å². The summed E-state index contributed by atoms with van der Waals surface area (Å²) in [7, 11) is -7.68. The Morgan fingerprint density at radius 1 is 1.31 bits per heavy atom. The summed E-state index contributed by atoms with van der Waals surface area (Å²) in [5.41, 5.74) is 0. The molecule has 1 unspecified atom stereocenters. The van der Waals surface area contributed by atoms with Crippen molar-refractivity contribution in [3.05, 3.63) is 0 Å². The highest BCUT2D eigenvalue weighted by molar-refractivity contribution is 8.06. The van der Waals surface area contributed by atoms with E-state index in [1.54, 1.807) is 0 Å². The van der Waals surface area contributed by atoms with Crippen LogP contribution in [0.5, 0.6) is 0 Å². The second-order valence-corrected chi connectivity index (χ2v) is 7.51. The topological polar surface area (TPSA) is 138 Å². The molecule has 0 aliphatic heterocycles. The van der Waals surface area contributed by atoms with Gasteiger partial charge >= 0.3 is 5.97 Å². The molecular weight excluding hydrogens is 262 g/mol. The van der Waals surface area contributed by atoms with E-state index in [1.165, 1.54) is 0 Å². The van der Waals surface area contributed by atoms with Crippen molar-refractivity contribution >= 4 is 25.8 Å². The summed E-state index contributed by atoms with van der Waals surface area (Å²) < 4.78 is 45.4. The van der Waals surface area contributed by atoms with Gasteiger partial charge < -0.3 is 10.2 Å². The molecule has 0 saturated carbocycles. The Morgan fingerprint density at radius 2 is 1.81 bits per heavy atom. The third-order valence-corrected chi connectivity index (χ3v) is 4.99. The van der Waals surface area contributed by atoms with Crippen LogP contribution in [0.4, 0.5) is 0 Å². The van der Waals surface area contributed by atoms with E-state index in [0.29, 0.717) is 0 Å². The van der Waals surface area contributed by atoms with Crippen molar-refractivity contribution < 1.29 is 31.8 Å². The monoisotopic (exact) mass is 275 g/mol. The molecule has 0 bridgehead atoms. The minimum absolute atomic E-state index is 0.335. The van der Waals surface area contributed by atoms with Gasteiger partial charge in [0.05, 0.1) is 0 Å². The minimum atomic E-state index is -4.00. The lowest BCUT2D eigenvalue weighted by Crippen LogP contribution is -2.33. The molecule has 0 rings (SSSR count). The summed E-state index contributed by atoms with van der Waals surface area (Å²) in [6.45, 7) is -0.342. The highest BCUT2D eigenvalue weighted by Crippen LogP contribution is 1.94. The average molecular weight is 275 g/mol. The number of aliphatic hydroxyl groups is 1. The second kappa shape index (κ2) is 5.57. The smallest absolute Gasteiger partial charge is 0.332 e. The fraction of sp³-hybridized carbons (Fsp3) is 0.833. The highest BCUT2D eigenvalue weighted by atomic mass is 32.3. The third-order valence-electron chi connectivity index (χ3n) is 1.39. The minimum Gasteiger partial charge on any atom is -0.479 e. The van der Waals surface area contributed by atoms with Crippen molar-refractivity contribution in [2.75, 3.05) is 17.9 Å². The number of sulfone groups is 1. The maximum absolute atomic E-state index is 11.1. The highest BCUT2D eigenvalue weighted by Gasteiger charge is 2.19. The molecule has 0 heterocycles. The molecule has 0 saturated heterocycles. The van der Waals surface area contributed by atoms with Crippen LogP contribution in [0, 0.1) is 0 Å². The number of sulfonamides is 1. The molecule has 0 spiro atoms. The van der Waals surface area contributed by atoms with E-state index in [2.05, 4.69) is 0 Å². The first kappa shape index (κ1) is 15.3. The van der Waals surface area contributed by atoms with Gasteiger partial charge in [0.25, 0.3) is 0 Å². The maximum Gasteiger partial charge on any atom is 0.332 e. The Hall–Kier alpha value is -0.710. The number of aliphatic hydroxyl groups excluding tert-OH is 1. The molecule has 0 aliphatic rings. The number of carbonyl (C=O) groups is 1. The van der Waals surface area contributed by atoms with E-state index in [0.717, 1.165) is 6.26 Å². The Balaban J connectivity index is 4.17. The van der Waals surface area contributed by atoms with Crippen LogP contribution >= 0.6 is 0 Å². The zero-order valence-corrected chi connectivity index (χ0v) is 10.1. The number of rotatable bonds is 7. The molecule has 0 aromatic rings. The second-order valence-electron chi connectivity index (χ2n) is 3.20. The lowest BCUT2D eigenvalue weighted by molar-refractivity contribution is -0.146. The number of carboxylic acids is 1. The van der Waals surface area contributed by atoms with Gasteiger partial charge in [-0.05, 0) is 6.42 Å². The number of hydrogen-bond acceptors (Lipinski definition) is 6. The van der Waals surface area contributed by atoms with Gasteiger partial charge in [0.1, 0.15) is 0 Å². The maximum atomic E-state index is 11.1. The standard InChI is InChI=1S/C6H13NO7S2/c1-15(11,12)4-16(13,14)7-3-2-5(8)6(9)10/h5,7-8H,2-4H2,1H3,(H,9,10). The van der Waals surface area contributed by atoms with Gasteiger partial charge in [-0.15, -0.1) is 0 Å². The normalized spacial score (nSPS) is 14.6. The summed E-state index contributed by atoms with van der Waals surface area (Å²) in [6, 6.07) is 0. The Bertz CT molecular complexity index is 437. The van der Waals surface area contributed by atoms with Crippen LogP contribution < -0.4 is 4.72 Å². The zero-order chi connectivity index (χ0) is 13.0. The molecule has 8 nitrogen and oxygen atoms in total. The Labute approximate surface area is 93.2 Å². The Kier molecular flexibility index (Phi) is 5.32. The van der Waals surface area contributed by atoms with Gasteiger partial charge in [-0.1, -0.05) is 0 Å². The zero-order valence-electron chi connectivity index (χ0n) is 8.45. The first-order valence-corrected chi connectivity index (χ1v) is 7.81. The van der Waals surface area contributed by atoms with Gasteiger partial charge in [0.2, 0.25) is 10.0 Å². The first-order chi connectivity index (χ1) is 7.03. The van der Waals surface area contributed by atoms with Crippen molar-refractivity contribution in [3.63, 3.8) is 0 Å². The van der Waals surface area contributed by atoms with Crippen molar-refractivity contribution in [1.29, 1.82) is 0 Å². The SMILES string of the molecule is CS(=O)(=O)CS(=O)(=O)NCCC(O)C(=O)O. The van der Waals surface area contributed by atoms with E-state index in [4.69, 9.17) is 10.2 Å². The van der Waals surface area contributed by atoms with Gasteiger partial charge in [-0.25, -0.2) is 26.4 Å². The molecule has 0 aliphatic carbocycles. The quantitative estimate of drug-likeness (QED) is 0.477. The van der Waals surface area contributed by atoms with Crippen LogP contribution in [-0.4, -0.2) is 57.0 Å². The summed E-state index contributed by atoms with van der Waals surface area (Å²) in [4.78, 5) is 10.2. The van der Waals surface area contributed by atoms with E-state index >= 15 is 0 Å². The first-order valence-electron chi connectivity index (χ1n) is 4.09. The molecule has 1 atom stereocenters. The Morgan fingerprint density at radius 3 is 2.19 bits per heavy atom. The summed E-state index contributed by atoms with van der Waals surface area (Å²) in [5.74, 6) is -1.47. The van der Waals surface area contributed by atoms with Crippen molar-refractivity contribution in [3.8, 4) is 0 Å². The van der Waals surface area contributed by atoms with E-state index in [9.17, 15) is 21.6 Å². The molecule has 0 radical (unpaired) electrons. The van der Waals surface area contributed by atoms with E-state index in [1.807, 2.05) is 4.72 Å². The van der Waals surface area contributed by atoms with Crippen molar-refractivity contribution in [2.24, 2.45) is 0 Å². The fourth-order valence-corrected chi connectivity index (χ4v) is 3.81. The van der Waals surface area contributed by atoms with Gasteiger partial charge in [-0.2, -0.15) is 0 Å². The van der Waals surface area contributed by atoms with Gasteiger partial charge in [0.15, 0.2) is 21.0 Å². The molecule has 16 heavy (non-hydrogen) atoms. The van der Waals surface area contributed by atoms with Crippen LogP contribution in [0.1, 0.15) is 6.42 Å². The molecule has 0 aromatic carbocycles. The molecule has 0 fully saturated rings. The largest absolute Gasteiger partial charge is 0.479 e. The number of hydrogen-bond donors (Lipinski definition) is 3. The molecule has 0 aromatic heterocycles. The van der Waals surface area contributed by atoms with Crippen LogP contribution in [-0.2, 0) is 24.7 Å². The van der Waals surface area contributed by atoms with E-state index < -0.39 is 37.0 Å². The lowest BCUT2D eigenvalue weighted by atomic mass is 10.3. The van der Waals surface area contributed by atoms with Crippen LogP contribution in [0.15, 0.2) is 0 Å². The fourth-order valence-electron chi connectivity index (χ4n) is 0.798. The van der Waals surface area contributed by atoms with Gasteiger partial charge in [-0.3, -0.25) is 0 Å². The summed E-state index contributed by atoms with van der Waals surface area (Å²) in [6.07, 6.45) is -1.25. The molecular formula is C6H13NO7S2.